The zero-order chi connectivity index (χ0) is 28.1. The molecule has 0 fully saturated rings. The SMILES string of the molecule is CC(C)Cn1[c-][n+]2c3c(cccc31)Oc1cc3c([c-]c1-2)C(C)(C)CCC3(C)C.[Ir+3].[c-]1ccccc1-c1ccccn1. The van der Waals surface area contributed by atoms with Crippen molar-refractivity contribution in [2.24, 2.45) is 5.92 Å². The van der Waals surface area contributed by atoms with Gasteiger partial charge in [0.25, 0.3) is 0 Å². The minimum Gasteiger partial charge on any atom is -0.527 e. The molecule has 2 aromatic heterocycles. The molecule has 0 bridgehead atoms. The van der Waals surface area contributed by atoms with Crippen molar-refractivity contribution < 1.29 is 29.4 Å². The minimum absolute atomic E-state index is 0. The van der Waals surface area contributed by atoms with Crippen LogP contribution in [0.25, 0.3) is 28.0 Å². The first-order valence-electron chi connectivity index (χ1n) is 14.3. The van der Waals surface area contributed by atoms with E-state index in [1.165, 1.54) is 29.5 Å². The van der Waals surface area contributed by atoms with Crippen LogP contribution in [0.2, 0.25) is 0 Å². The Labute approximate surface area is 257 Å². The molecule has 3 heterocycles. The quantitative estimate of drug-likeness (QED) is 0.137. The van der Waals surface area contributed by atoms with Crippen molar-refractivity contribution in [1.29, 1.82) is 0 Å². The summed E-state index contributed by atoms with van der Waals surface area (Å²) in [4.78, 5) is 4.22. The van der Waals surface area contributed by atoms with E-state index in [4.69, 9.17) is 4.74 Å². The summed E-state index contributed by atoms with van der Waals surface area (Å²) >= 11 is 0. The largest absolute Gasteiger partial charge is 3.00 e. The van der Waals surface area contributed by atoms with E-state index in [2.05, 4.69) is 98.4 Å². The van der Waals surface area contributed by atoms with Gasteiger partial charge < -0.3 is 18.9 Å². The first-order chi connectivity index (χ1) is 19.1. The zero-order valence-corrected chi connectivity index (χ0v) is 27.1. The Bertz CT molecular complexity index is 1630. The number of imidazole rings is 1. The van der Waals surface area contributed by atoms with E-state index in [1.54, 1.807) is 6.20 Å². The Morgan fingerprint density at radius 2 is 1.73 bits per heavy atom. The Kier molecular flexibility index (Phi) is 7.98. The van der Waals surface area contributed by atoms with Crippen molar-refractivity contribution in [2.75, 3.05) is 0 Å². The normalized spacial score (nSPS) is 15.6. The molecule has 7 rings (SSSR count). The Morgan fingerprint density at radius 1 is 0.951 bits per heavy atom. The molecule has 0 saturated carbocycles. The van der Waals surface area contributed by atoms with Crippen molar-refractivity contribution in [3.8, 4) is 28.4 Å². The van der Waals surface area contributed by atoms with Gasteiger partial charge in [0, 0.05) is 11.9 Å². The second-order valence-corrected chi connectivity index (χ2v) is 12.7. The molecule has 0 amide bonds. The summed E-state index contributed by atoms with van der Waals surface area (Å²) in [7, 11) is 0. The molecular formula is C36H37IrN3O+. The van der Waals surface area contributed by atoms with E-state index < -0.39 is 0 Å². The van der Waals surface area contributed by atoms with Crippen LogP contribution >= 0.6 is 0 Å². The fraction of sp³-hybridized carbons (Fsp3) is 0.333. The van der Waals surface area contributed by atoms with Crippen LogP contribution in [0.3, 0.4) is 0 Å². The predicted molar refractivity (Wildman–Crippen MR) is 160 cm³/mol. The first kappa shape index (κ1) is 29.2. The Balaban J connectivity index is 0.000000218. The van der Waals surface area contributed by atoms with E-state index in [-0.39, 0.29) is 30.9 Å². The number of rotatable bonds is 3. The number of benzene rings is 3. The number of para-hydroxylation sites is 1. The van der Waals surface area contributed by atoms with Gasteiger partial charge in [-0.15, -0.1) is 47.5 Å². The zero-order valence-electron chi connectivity index (χ0n) is 24.7. The molecule has 0 saturated heterocycles. The molecule has 0 unspecified atom stereocenters. The van der Waals surface area contributed by atoms with Crippen molar-refractivity contribution in [3.63, 3.8) is 0 Å². The Morgan fingerprint density at radius 3 is 2.44 bits per heavy atom. The fourth-order valence-corrected chi connectivity index (χ4v) is 5.83. The van der Waals surface area contributed by atoms with E-state index in [1.807, 2.05) is 42.5 Å². The summed E-state index contributed by atoms with van der Waals surface area (Å²) in [6.45, 7) is 14.8. The summed E-state index contributed by atoms with van der Waals surface area (Å²) in [6.07, 6.45) is 7.75. The predicted octanol–water partition coefficient (Wildman–Crippen LogP) is 8.18. The third-order valence-corrected chi connectivity index (χ3v) is 8.16. The van der Waals surface area contributed by atoms with Crippen LogP contribution < -0.4 is 9.30 Å². The standard InChI is InChI=1S/C25H29N2O.C11H8N.Ir/c1-16(2)14-26-15-27-20-12-17-18(25(5,6)11-10-24(17,3)4)13-22(20)28-21-9-7-8-19(26)23(21)27;1-2-6-10(7-3-1)11-8-4-5-9-12-11;/h7-9,13,16H,10-11,14H2,1-6H3;1-6,8-9H;/q2*-1;+3. The number of aromatic nitrogens is 3. The maximum absolute atomic E-state index is 6.41. The van der Waals surface area contributed by atoms with Gasteiger partial charge in [-0.3, -0.25) is 0 Å². The molecule has 0 N–H and O–H groups in total. The molecule has 3 aromatic carbocycles. The molecule has 4 nitrogen and oxygen atoms in total. The monoisotopic (exact) mass is 720 g/mol. The summed E-state index contributed by atoms with van der Waals surface area (Å²) in [5.74, 6) is 2.36. The van der Waals surface area contributed by atoms with Crippen molar-refractivity contribution >= 4 is 11.0 Å². The van der Waals surface area contributed by atoms with Gasteiger partial charge in [0.2, 0.25) is 6.33 Å². The summed E-state index contributed by atoms with van der Waals surface area (Å²) in [6, 6.07) is 29.2. The molecule has 0 spiro atoms. The van der Waals surface area contributed by atoms with Gasteiger partial charge in [-0.2, -0.15) is 11.6 Å². The third kappa shape index (κ3) is 5.50. The van der Waals surface area contributed by atoms with Crippen molar-refractivity contribution in [3.05, 3.63) is 103 Å². The van der Waals surface area contributed by atoms with Gasteiger partial charge in [0.15, 0.2) is 0 Å². The number of hydrogen-bond acceptors (Lipinski definition) is 2. The second-order valence-electron chi connectivity index (χ2n) is 12.7. The molecule has 0 radical (unpaired) electrons. The topological polar surface area (TPSA) is 30.9 Å². The maximum atomic E-state index is 6.41. The van der Waals surface area contributed by atoms with E-state index in [0.717, 1.165) is 40.5 Å². The van der Waals surface area contributed by atoms with Crippen LogP contribution in [0.1, 0.15) is 65.5 Å². The molecule has 1 aliphatic carbocycles. The maximum Gasteiger partial charge on any atom is 3.00 e. The molecule has 5 heteroatoms. The minimum atomic E-state index is 0. The van der Waals surface area contributed by atoms with Crippen molar-refractivity contribution in [1.82, 2.24) is 9.55 Å². The number of ether oxygens (including phenoxy) is 1. The fourth-order valence-electron chi connectivity index (χ4n) is 5.83. The van der Waals surface area contributed by atoms with Gasteiger partial charge >= 0.3 is 20.1 Å². The molecule has 210 valence electrons. The van der Waals surface area contributed by atoms with Crippen LogP contribution in [-0.4, -0.2) is 9.55 Å². The van der Waals surface area contributed by atoms with Crippen LogP contribution in [0.15, 0.2) is 72.9 Å². The number of fused-ring (bicyclic) bond motifs is 3. The van der Waals surface area contributed by atoms with Gasteiger partial charge in [0.1, 0.15) is 5.75 Å². The van der Waals surface area contributed by atoms with Crippen LogP contribution in [-0.2, 0) is 37.5 Å². The number of nitrogens with zero attached hydrogens (tertiary/aromatic N) is 3. The summed E-state index contributed by atoms with van der Waals surface area (Å²) in [5, 5.41) is 0. The Hall–Kier alpha value is -3.27. The average Bonchev–Trinajstić information content (AvgIpc) is 3.31. The molecule has 1 aliphatic heterocycles. The van der Waals surface area contributed by atoms with Gasteiger partial charge in [-0.05, 0) is 41.3 Å². The van der Waals surface area contributed by atoms with E-state index in [0.29, 0.717) is 5.92 Å². The third-order valence-electron chi connectivity index (χ3n) is 8.16. The van der Waals surface area contributed by atoms with Gasteiger partial charge in [-0.1, -0.05) is 77.6 Å². The molecule has 5 aromatic rings. The number of pyridine rings is 1. The molecular weight excluding hydrogens is 683 g/mol. The van der Waals surface area contributed by atoms with E-state index in [9.17, 15) is 0 Å². The summed E-state index contributed by atoms with van der Waals surface area (Å²) < 4.78 is 10.8. The second kappa shape index (κ2) is 11.2. The average molecular weight is 720 g/mol. The molecule has 2 aliphatic rings. The van der Waals surface area contributed by atoms with E-state index >= 15 is 0 Å². The molecule has 0 atom stereocenters. The molecule has 41 heavy (non-hydrogen) atoms. The number of hydrogen-bond donors (Lipinski definition) is 0. The first-order valence-corrected chi connectivity index (χ1v) is 14.3. The van der Waals surface area contributed by atoms with Crippen LogP contribution in [0.5, 0.6) is 11.5 Å². The van der Waals surface area contributed by atoms with Crippen LogP contribution in [0, 0.1) is 24.4 Å². The van der Waals surface area contributed by atoms with Crippen LogP contribution in [0.4, 0.5) is 0 Å². The van der Waals surface area contributed by atoms with Gasteiger partial charge in [0.05, 0.1) is 17.6 Å². The van der Waals surface area contributed by atoms with Crippen molar-refractivity contribution in [2.45, 2.75) is 71.8 Å². The van der Waals surface area contributed by atoms with Gasteiger partial charge in [-0.25, -0.2) is 0 Å². The smallest absolute Gasteiger partial charge is 0.527 e. The summed E-state index contributed by atoms with van der Waals surface area (Å²) in [5.41, 5.74) is 8.24.